The number of amides is 1. The molecule has 0 radical (unpaired) electrons. The summed E-state index contributed by atoms with van der Waals surface area (Å²) in [6.45, 7) is 0.810. The standard InChI is InChI=1S/C19H18N4O2S3/c24-16(13-3-5-15-12(10-13)4-6-17(25)21-15)11-27-19-23-22-18(28-19)20-8-7-14-2-1-9-26-14/h1-3,5,9-10H,4,6-8,11H2,(H,20,22)(H,21,25). The number of thiophene rings is 1. The molecule has 6 nitrogen and oxygen atoms in total. The van der Waals surface area contributed by atoms with Crippen molar-refractivity contribution < 1.29 is 9.59 Å². The number of nitrogens with zero attached hydrogens (tertiary/aromatic N) is 2. The minimum Gasteiger partial charge on any atom is -0.360 e. The van der Waals surface area contributed by atoms with E-state index in [0.29, 0.717) is 24.2 Å². The predicted octanol–water partition coefficient (Wildman–Crippen LogP) is 4.11. The highest BCUT2D eigenvalue weighted by atomic mass is 32.2. The average Bonchev–Trinajstić information content (AvgIpc) is 3.38. The van der Waals surface area contributed by atoms with Gasteiger partial charge in [0.25, 0.3) is 0 Å². The molecule has 4 rings (SSSR count). The van der Waals surface area contributed by atoms with Crippen LogP contribution in [0.2, 0.25) is 0 Å². The molecule has 1 aliphatic rings. The van der Waals surface area contributed by atoms with Crippen LogP contribution in [0, 0.1) is 0 Å². The van der Waals surface area contributed by atoms with E-state index in [1.54, 1.807) is 17.4 Å². The molecule has 2 N–H and O–H groups in total. The third kappa shape index (κ3) is 4.78. The molecule has 0 saturated heterocycles. The zero-order chi connectivity index (χ0) is 19.3. The number of rotatable bonds is 8. The molecule has 0 fully saturated rings. The van der Waals surface area contributed by atoms with Gasteiger partial charge in [0.2, 0.25) is 11.0 Å². The lowest BCUT2D eigenvalue weighted by Crippen LogP contribution is -2.19. The van der Waals surface area contributed by atoms with Crippen molar-refractivity contribution in [2.45, 2.75) is 23.6 Å². The normalized spacial score (nSPS) is 13.1. The summed E-state index contributed by atoms with van der Waals surface area (Å²) in [5.41, 5.74) is 2.49. The van der Waals surface area contributed by atoms with Crippen LogP contribution in [0.4, 0.5) is 10.8 Å². The zero-order valence-corrected chi connectivity index (χ0v) is 17.4. The van der Waals surface area contributed by atoms with Crippen molar-refractivity contribution >= 4 is 56.9 Å². The van der Waals surface area contributed by atoms with Gasteiger partial charge in [-0.25, -0.2) is 0 Å². The van der Waals surface area contributed by atoms with Crippen LogP contribution < -0.4 is 10.6 Å². The van der Waals surface area contributed by atoms with E-state index in [4.69, 9.17) is 0 Å². The number of aryl methyl sites for hydroxylation is 1. The summed E-state index contributed by atoms with van der Waals surface area (Å²) < 4.78 is 0.775. The number of hydrogen-bond acceptors (Lipinski definition) is 8. The van der Waals surface area contributed by atoms with E-state index in [1.807, 2.05) is 12.1 Å². The van der Waals surface area contributed by atoms with Crippen molar-refractivity contribution in [3.63, 3.8) is 0 Å². The maximum absolute atomic E-state index is 12.5. The highest BCUT2D eigenvalue weighted by molar-refractivity contribution is 8.01. The smallest absolute Gasteiger partial charge is 0.224 e. The number of Topliss-reactive ketones (excluding diaryl/α,β-unsaturated/α-hetero) is 1. The maximum atomic E-state index is 12.5. The number of thioether (sulfide) groups is 1. The minimum atomic E-state index is 0.0261. The van der Waals surface area contributed by atoms with Crippen LogP contribution in [-0.4, -0.2) is 34.2 Å². The highest BCUT2D eigenvalue weighted by Crippen LogP contribution is 2.28. The van der Waals surface area contributed by atoms with Gasteiger partial charge < -0.3 is 10.6 Å². The molecule has 28 heavy (non-hydrogen) atoms. The van der Waals surface area contributed by atoms with E-state index in [9.17, 15) is 9.59 Å². The minimum absolute atomic E-state index is 0.0261. The summed E-state index contributed by atoms with van der Waals surface area (Å²) in [5, 5.41) is 17.2. The summed E-state index contributed by atoms with van der Waals surface area (Å²) >= 11 is 4.61. The molecule has 0 unspecified atom stereocenters. The van der Waals surface area contributed by atoms with Gasteiger partial charge in [-0.3, -0.25) is 9.59 Å². The number of aromatic nitrogens is 2. The molecule has 0 atom stereocenters. The Morgan fingerprint density at radius 3 is 3.04 bits per heavy atom. The Hall–Kier alpha value is -2.23. The largest absolute Gasteiger partial charge is 0.360 e. The van der Waals surface area contributed by atoms with Crippen LogP contribution >= 0.6 is 34.4 Å². The number of hydrogen-bond donors (Lipinski definition) is 2. The molecular formula is C19H18N4O2S3. The molecule has 0 saturated carbocycles. The molecule has 2 aromatic heterocycles. The molecule has 1 amide bonds. The molecule has 0 aliphatic carbocycles. The van der Waals surface area contributed by atoms with Crippen LogP contribution in [0.15, 0.2) is 40.1 Å². The third-order valence-electron chi connectivity index (χ3n) is 4.28. The van der Waals surface area contributed by atoms with Crippen molar-refractivity contribution in [1.82, 2.24) is 10.2 Å². The second kappa shape index (κ2) is 8.85. The van der Waals surface area contributed by atoms with Gasteiger partial charge >= 0.3 is 0 Å². The Kier molecular flexibility index (Phi) is 6.04. The van der Waals surface area contributed by atoms with Crippen LogP contribution in [-0.2, 0) is 17.6 Å². The number of ketones is 1. The predicted molar refractivity (Wildman–Crippen MR) is 115 cm³/mol. The fourth-order valence-corrected chi connectivity index (χ4v) is 5.24. The second-order valence-corrected chi connectivity index (χ2v) is 9.49. The SMILES string of the molecule is O=C1CCc2cc(C(=O)CSc3nnc(NCCc4cccs4)s3)ccc2N1. The lowest BCUT2D eigenvalue weighted by molar-refractivity contribution is -0.116. The lowest BCUT2D eigenvalue weighted by atomic mass is 9.99. The molecule has 1 aromatic carbocycles. The number of carbonyl (C=O) groups is 2. The summed E-state index contributed by atoms with van der Waals surface area (Å²) in [6.07, 6.45) is 2.09. The van der Waals surface area contributed by atoms with Crippen LogP contribution in [0.5, 0.6) is 0 Å². The first-order valence-electron chi connectivity index (χ1n) is 8.86. The van der Waals surface area contributed by atoms with E-state index in [-0.39, 0.29) is 11.7 Å². The average molecular weight is 431 g/mol. The molecule has 1 aliphatic heterocycles. The number of carbonyl (C=O) groups excluding carboxylic acids is 2. The van der Waals surface area contributed by atoms with Gasteiger partial charge in [-0.2, -0.15) is 0 Å². The van der Waals surface area contributed by atoms with Crippen molar-refractivity contribution in [2.24, 2.45) is 0 Å². The summed E-state index contributed by atoms with van der Waals surface area (Å²) in [6, 6.07) is 9.63. The number of nitrogens with one attached hydrogen (secondary N) is 2. The van der Waals surface area contributed by atoms with Crippen LogP contribution in [0.25, 0.3) is 0 Å². The third-order valence-corrected chi connectivity index (χ3v) is 7.23. The van der Waals surface area contributed by atoms with E-state index in [0.717, 1.165) is 33.7 Å². The molecule has 9 heteroatoms. The Morgan fingerprint density at radius 2 is 2.18 bits per heavy atom. The quantitative estimate of drug-likeness (QED) is 0.413. The van der Waals surface area contributed by atoms with Gasteiger partial charge in [0, 0.05) is 29.1 Å². The van der Waals surface area contributed by atoms with Gasteiger partial charge in [0.05, 0.1) is 5.75 Å². The van der Waals surface area contributed by atoms with Crippen molar-refractivity contribution in [1.29, 1.82) is 0 Å². The molecule has 3 heterocycles. The summed E-state index contributed by atoms with van der Waals surface area (Å²) in [5.74, 6) is 0.389. The highest BCUT2D eigenvalue weighted by Gasteiger charge is 2.17. The Bertz CT molecular complexity index is 985. The first-order valence-corrected chi connectivity index (χ1v) is 11.5. The van der Waals surface area contributed by atoms with Crippen LogP contribution in [0.3, 0.4) is 0 Å². The topological polar surface area (TPSA) is 84.0 Å². The lowest BCUT2D eigenvalue weighted by Gasteiger charge is -2.17. The molecule has 3 aromatic rings. The molecule has 0 bridgehead atoms. The Labute approximate surface area is 174 Å². The van der Waals surface area contributed by atoms with Gasteiger partial charge in [-0.15, -0.1) is 21.5 Å². The summed E-state index contributed by atoms with van der Waals surface area (Å²) in [4.78, 5) is 25.3. The van der Waals surface area contributed by atoms with Crippen molar-refractivity contribution in [3.8, 4) is 0 Å². The Morgan fingerprint density at radius 1 is 1.25 bits per heavy atom. The van der Waals surface area contributed by atoms with E-state index >= 15 is 0 Å². The fourth-order valence-electron chi connectivity index (χ4n) is 2.85. The summed E-state index contributed by atoms with van der Waals surface area (Å²) in [7, 11) is 0. The monoisotopic (exact) mass is 430 g/mol. The first-order chi connectivity index (χ1) is 13.7. The molecular weight excluding hydrogens is 412 g/mol. The maximum Gasteiger partial charge on any atom is 0.224 e. The molecule has 0 spiro atoms. The van der Waals surface area contributed by atoms with E-state index in [1.165, 1.54) is 28.0 Å². The Balaban J connectivity index is 1.28. The number of fused-ring (bicyclic) bond motifs is 1. The van der Waals surface area contributed by atoms with Gasteiger partial charge in [0.15, 0.2) is 10.1 Å². The van der Waals surface area contributed by atoms with Gasteiger partial charge in [0.1, 0.15) is 0 Å². The van der Waals surface area contributed by atoms with Crippen molar-refractivity contribution in [2.75, 3.05) is 22.9 Å². The van der Waals surface area contributed by atoms with E-state index < -0.39 is 0 Å². The molecule has 144 valence electrons. The number of anilines is 2. The van der Waals surface area contributed by atoms with Crippen LogP contribution in [0.1, 0.15) is 27.2 Å². The second-order valence-electron chi connectivity index (χ2n) is 6.26. The fraction of sp³-hybridized carbons (Fsp3) is 0.263. The van der Waals surface area contributed by atoms with E-state index in [2.05, 4.69) is 38.3 Å². The number of benzene rings is 1. The van der Waals surface area contributed by atoms with Crippen molar-refractivity contribution in [3.05, 3.63) is 51.7 Å². The van der Waals surface area contributed by atoms with Gasteiger partial charge in [-0.1, -0.05) is 29.2 Å². The zero-order valence-electron chi connectivity index (χ0n) is 14.9. The van der Waals surface area contributed by atoms with Gasteiger partial charge in [-0.05, 0) is 48.1 Å². The first kappa shape index (κ1) is 19.1.